The molecule has 0 atom stereocenters. The van der Waals surface area contributed by atoms with Gasteiger partial charge in [-0.1, -0.05) is 41.9 Å². The molecule has 1 saturated heterocycles. The molecule has 0 aromatic heterocycles. The van der Waals surface area contributed by atoms with Crippen LogP contribution >= 0.6 is 11.6 Å². The lowest BCUT2D eigenvalue weighted by atomic mass is 10.2. The Hall–Kier alpha value is -1.56. The summed E-state index contributed by atoms with van der Waals surface area (Å²) in [5.74, 6) is 0.0643. The molecule has 0 N–H and O–H groups in total. The number of sulfonamides is 1. The van der Waals surface area contributed by atoms with E-state index in [1.807, 2.05) is 54.6 Å². The third-order valence-electron chi connectivity index (χ3n) is 4.02. The van der Waals surface area contributed by atoms with Crippen LogP contribution < -0.4 is 4.90 Å². The fraction of sp³-hybridized carbons (Fsp3) is 0.294. The Kier molecular flexibility index (Phi) is 4.90. The van der Waals surface area contributed by atoms with Crippen molar-refractivity contribution in [3.8, 4) is 0 Å². The normalized spacial score (nSPS) is 16.5. The van der Waals surface area contributed by atoms with Crippen LogP contribution in [0.15, 0.2) is 54.6 Å². The number of hydrogen-bond acceptors (Lipinski definition) is 3. The smallest absolute Gasteiger partial charge is 0.218 e. The fourth-order valence-corrected chi connectivity index (χ4v) is 4.39. The van der Waals surface area contributed by atoms with Gasteiger partial charge in [-0.15, -0.1) is 0 Å². The first-order valence-electron chi connectivity index (χ1n) is 7.57. The van der Waals surface area contributed by atoms with E-state index in [1.54, 1.807) is 4.31 Å². The van der Waals surface area contributed by atoms with Crippen LogP contribution in [-0.4, -0.2) is 38.9 Å². The molecule has 23 heavy (non-hydrogen) atoms. The molecule has 3 rings (SSSR count). The molecule has 4 nitrogen and oxygen atoms in total. The summed E-state index contributed by atoms with van der Waals surface area (Å²) in [6.45, 7) is 2.40. The molecule has 6 heteroatoms. The third-order valence-corrected chi connectivity index (χ3v) is 6.12. The van der Waals surface area contributed by atoms with Gasteiger partial charge in [0.1, 0.15) is 0 Å². The molecule has 0 radical (unpaired) electrons. The minimum atomic E-state index is -3.26. The maximum Gasteiger partial charge on any atom is 0.218 e. The molecule has 1 aliphatic rings. The van der Waals surface area contributed by atoms with Gasteiger partial charge in [0.15, 0.2) is 0 Å². The summed E-state index contributed by atoms with van der Waals surface area (Å²) in [5.41, 5.74) is 1.90. The maximum atomic E-state index is 12.5. The Morgan fingerprint density at radius 2 is 1.48 bits per heavy atom. The zero-order valence-corrected chi connectivity index (χ0v) is 14.3. The van der Waals surface area contributed by atoms with Crippen LogP contribution in [0.2, 0.25) is 5.02 Å². The topological polar surface area (TPSA) is 40.6 Å². The number of nitrogens with zero attached hydrogens (tertiary/aromatic N) is 2. The summed E-state index contributed by atoms with van der Waals surface area (Å²) >= 11 is 5.90. The van der Waals surface area contributed by atoms with Crippen LogP contribution in [0.3, 0.4) is 0 Å². The fourth-order valence-electron chi connectivity index (χ4n) is 2.75. The van der Waals surface area contributed by atoms with E-state index in [2.05, 4.69) is 4.90 Å². The van der Waals surface area contributed by atoms with E-state index >= 15 is 0 Å². The van der Waals surface area contributed by atoms with Crippen LogP contribution in [0.5, 0.6) is 0 Å². The third kappa shape index (κ3) is 4.05. The van der Waals surface area contributed by atoms with Crippen molar-refractivity contribution in [2.75, 3.05) is 31.1 Å². The molecule has 0 spiro atoms. The lowest BCUT2D eigenvalue weighted by Crippen LogP contribution is -2.49. The van der Waals surface area contributed by atoms with Gasteiger partial charge in [-0.25, -0.2) is 8.42 Å². The monoisotopic (exact) mass is 350 g/mol. The average Bonchev–Trinajstić information content (AvgIpc) is 2.56. The molecule has 2 aromatic carbocycles. The highest BCUT2D eigenvalue weighted by molar-refractivity contribution is 7.88. The number of piperazine rings is 1. The molecule has 0 aliphatic carbocycles. The molecule has 0 unspecified atom stereocenters. The summed E-state index contributed by atoms with van der Waals surface area (Å²) in [6.07, 6.45) is 0. The number of halogens is 1. The van der Waals surface area contributed by atoms with Crippen molar-refractivity contribution in [2.24, 2.45) is 0 Å². The minimum absolute atomic E-state index is 0.0643. The van der Waals surface area contributed by atoms with Gasteiger partial charge in [-0.05, 0) is 29.8 Å². The largest absolute Gasteiger partial charge is 0.369 e. The molecule has 2 aromatic rings. The Bertz CT molecular complexity index is 740. The minimum Gasteiger partial charge on any atom is -0.369 e. The van der Waals surface area contributed by atoms with Gasteiger partial charge in [0.25, 0.3) is 0 Å². The molecule has 1 heterocycles. The first-order chi connectivity index (χ1) is 11.0. The summed E-state index contributed by atoms with van der Waals surface area (Å²) in [5, 5.41) is 0.706. The molecule has 1 aliphatic heterocycles. The van der Waals surface area contributed by atoms with Crippen molar-refractivity contribution in [3.05, 3.63) is 65.2 Å². The van der Waals surface area contributed by atoms with E-state index in [-0.39, 0.29) is 5.75 Å². The SMILES string of the molecule is O=S(=O)(Cc1ccccc1)N1CCN(c2ccc(Cl)cc2)CC1. The van der Waals surface area contributed by atoms with E-state index in [9.17, 15) is 8.42 Å². The number of anilines is 1. The van der Waals surface area contributed by atoms with Crippen molar-refractivity contribution < 1.29 is 8.42 Å². The summed E-state index contributed by atoms with van der Waals surface area (Å²) in [6, 6.07) is 17.0. The second kappa shape index (κ2) is 6.91. The van der Waals surface area contributed by atoms with E-state index in [4.69, 9.17) is 11.6 Å². The maximum absolute atomic E-state index is 12.5. The molecule has 1 fully saturated rings. The lowest BCUT2D eigenvalue weighted by molar-refractivity contribution is 0.384. The van der Waals surface area contributed by atoms with Gasteiger partial charge in [-0.3, -0.25) is 0 Å². The van der Waals surface area contributed by atoms with Crippen molar-refractivity contribution in [1.82, 2.24) is 4.31 Å². The lowest BCUT2D eigenvalue weighted by Gasteiger charge is -2.35. The highest BCUT2D eigenvalue weighted by atomic mass is 35.5. The van der Waals surface area contributed by atoms with Crippen molar-refractivity contribution >= 4 is 27.3 Å². The first kappa shape index (κ1) is 16.3. The quantitative estimate of drug-likeness (QED) is 0.851. The second-order valence-corrected chi connectivity index (χ2v) is 8.01. The van der Waals surface area contributed by atoms with E-state index in [1.165, 1.54) is 0 Å². The van der Waals surface area contributed by atoms with Crippen molar-refractivity contribution in [3.63, 3.8) is 0 Å². The van der Waals surface area contributed by atoms with E-state index in [0.29, 0.717) is 31.2 Å². The standard InChI is InChI=1S/C17H19ClN2O2S/c18-16-6-8-17(9-7-16)19-10-12-20(13-11-19)23(21,22)14-15-4-2-1-3-5-15/h1-9H,10-14H2. The molecule has 122 valence electrons. The van der Waals surface area contributed by atoms with Crippen molar-refractivity contribution in [1.29, 1.82) is 0 Å². The van der Waals surface area contributed by atoms with E-state index < -0.39 is 10.0 Å². The Balaban J connectivity index is 1.63. The molecule has 0 amide bonds. The molecular weight excluding hydrogens is 332 g/mol. The predicted octanol–water partition coefficient (Wildman–Crippen LogP) is 2.99. The van der Waals surface area contributed by atoms with Gasteiger partial charge in [0.05, 0.1) is 5.75 Å². The van der Waals surface area contributed by atoms with Crippen LogP contribution in [0.4, 0.5) is 5.69 Å². The van der Waals surface area contributed by atoms with Crippen molar-refractivity contribution in [2.45, 2.75) is 5.75 Å². The molecule has 0 saturated carbocycles. The van der Waals surface area contributed by atoms with Gasteiger partial charge < -0.3 is 4.90 Å². The highest BCUT2D eigenvalue weighted by Crippen LogP contribution is 2.21. The van der Waals surface area contributed by atoms with Gasteiger partial charge in [0.2, 0.25) is 10.0 Å². The predicted molar refractivity (Wildman–Crippen MR) is 94.3 cm³/mol. The van der Waals surface area contributed by atoms with Crippen LogP contribution in [0.25, 0.3) is 0 Å². The van der Waals surface area contributed by atoms with Crippen LogP contribution in [0.1, 0.15) is 5.56 Å². The zero-order valence-electron chi connectivity index (χ0n) is 12.7. The summed E-state index contributed by atoms with van der Waals surface area (Å²) < 4.78 is 26.7. The average molecular weight is 351 g/mol. The molecular formula is C17H19ClN2O2S. The second-order valence-electron chi connectivity index (χ2n) is 5.60. The van der Waals surface area contributed by atoms with Crippen LogP contribution in [-0.2, 0) is 15.8 Å². The van der Waals surface area contributed by atoms with E-state index in [0.717, 1.165) is 11.3 Å². The van der Waals surface area contributed by atoms with Gasteiger partial charge >= 0.3 is 0 Å². The van der Waals surface area contributed by atoms with Crippen LogP contribution in [0, 0.1) is 0 Å². The highest BCUT2D eigenvalue weighted by Gasteiger charge is 2.27. The van der Waals surface area contributed by atoms with Gasteiger partial charge in [0, 0.05) is 36.9 Å². The number of hydrogen-bond donors (Lipinski definition) is 0. The summed E-state index contributed by atoms with van der Waals surface area (Å²) in [4.78, 5) is 2.19. The van der Waals surface area contributed by atoms with Gasteiger partial charge in [-0.2, -0.15) is 4.31 Å². The first-order valence-corrected chi connectivity index (χ1v) is 9.55. The summed E-state index contributed by atoms with van der Waals surface area (Å²) in [7, 11) is -3.26. The zero-order chi connectivity index (χ0) is 16.3. The molecule has 0 bridgehead atoms. The Morgan fingerprint density at radius 1 is 0.870 bits per heavy atom. The Morgan fingerprint density at radius 3 is 2.09 bits per heavy atom. The number of rotatable bonds is 4. The Labute approximate surface area is 142 Å². The number of benzene rings is 2.